The molecular formula is C31H29NO4. The van der Waals surface area contributed by atoms with Crippen molar-refractivity contribution in [3.8, 4) is 0 Å². The van der Waals surface area contributed by atoms with Crippen LogP contribution in [-0.4, -0.2) is 28.0 Å². The molecule has 0 aliphatic carbocycles. The third kappa shape index (κ3) is 6.06. The lowest BCUT2D eigenvalue weighted by Crippen LogP contribution is -2.44. The fourth-order valence-electron chi connectivity index (χ4n) is 4.39. The summed E-state index contributed by atoms with van der Waals surface area (Å²) in [6.45, 7) is 2.51. The molecule has 1 N–H and O–H groups in total. The monoisotopic (exact) mass is 479 g/mol. The van der Waals surface area contributed by atoms with Crippen molar-refractivity contribution in [1.29, 1.82) is 0 Å². The number of carboxylic acids is 1. The first-order valence-electron chi connectivity index (χ1n) is 11.9. The zero-order valence-electron chi connectivity index (χ0n) is 20.1. The summed E-state index contributed by atoms with van der Waals surface area (Å²) in [7, 11) is 0. The number of aliphatic carboxylic acids is 1. The first-order chi connectivity index (χ1) is 17.5. The van der Waals surface area contributed by atoms with Crippen LogP contribution >= 0.6 is 0 Å². The predicted molar refractivity (Wildman–Crippen MR) is 139 cm³/mol. The Morgan fingerprint density at radius 2 is 1.19 bits per heavy atom. The Hall–Kier alpha value is -4.22. The summed E-state index contributed by atoms with van der Waals surface area (Å²) in [5.74, 6) is -1.87. The largest absolute Gasteiger partial charge is 0.478 e. The molecule has 5 heteroatoms. The summed E-state index contributed by atoms with van der Waals surface area (Å²) >= 11 is 0. The molecular weight excluding hydrogens is 450 g/mol. The molecule has 182 valence electrons. The summed E-state index contributed by atoms with van der Waals surface area (Å²) < 4.78 is 5.74. The Bertz CT molecular complexity index is 1250. The zero-order valence-corrected chi connectivity index (χ0v) is 20.1. The Labute approximate surface area is 211 Å². The highest BCUT2D eigenvalue weighted by atomic mass is 16.6. The molecule has 0 fully saturated rings. The number of hydrogen-bond donors (Lipinski definition) is 1. The van der Waals surface area contributed by atoms with E-state index in [2.05, 4.69) is 4.90 Å². The van der Waals surface area contributed by atoms with Gasteiger partial charge in [0.2, 0.25) is 6.10 Å². The van der Waals surface area contributed by atoms with Gasteiger partial charge in [-0.1, -0.05) is 109 Å². The molecule has 0 aliphatic heterocycles. The van der Waals surface area contributed by atoms with Gasteiger partial charge >= 0.3 is 11.9 Å². The first-order valence-corrected chi connectivity index (χ1v) is 11.9. The van der Waals surface area contributed by atoms with Crippen LogP contribution in [0.5, 0.6) is 0 Å². The SMILES string of the molecule is CC(c1ccccc1)N(Cc1ccccc1)C(c1ccccc1)C(OC(=O)c1ccccc1)C(=O)O. The van der Waals surface area contributed by atoms with Crippen molar-refractivity contribution in [2.75, 3.05) is 0 Å². The van der Waals surface area contributed by atoms with E-state index >= 15 is 0 Å². The minimum absolute atomic E-state index is 0.172. The number of carboxylic acid groups (broad SMARTS) is 1. The van der Waals surface area contributed by atoms with Gasteiger partial charge in [0.25, 0.3) is 0 Å². The van der Waals surface area contributed by atoms with Gasteiger partial charge in [0.1, 0.15) is 0 Å². The lowest BCUT2D eigenvalue weighted by molar-refractivity contribution is -0.152. The summed E-state index contributed by atoms with van der Waals surface area (Å²) in [6, 6.07) is 36.8. The van der Waals surface area contributed by atoms with E-state index in [9.17, 15) is 14.7 Å². The van der Waals surface area contributed by atoms with E-state index in [1.807, 2.05) is 97.9 Å². The molecule has 4 aromatic carbocycles. The molecule has 0 saturated heterocycles. The van der Waals surface area contributed by atoms with Crippen molar-refractivity contribution in [2.45, 2.75) is 31.7 Å². The number of rotatable bonds is 10. The Morgan fingerprint density at radius 1 is 0.722 bits per heavy atom. The van der Waals surface area contributed by atoms with Crippen LogP contribution in [0.3, 0.4) is 0 Å². The van der Waals surface area contributed by atoms with Crippen molar-refractivity contribution >= 4 is 11.9 Å². The average Bonchev–Trinajstić information content (AvgIpc) is 2.93. The summed E-state index contributed by atoms with van der Waals surface area (Å²) in [6.07, 6.45) is -1.44. The van der Waals surface area contributed by atoms with Gasteiger partial charge in [0.05, 0.1) is 11.6 Å². The Kier molecular flexibility index (Phi) is 8.27. The molecule has 0 aromatic heterocycles. The van der Waals surface area contributed by atoms with Crippen molar-refractivity contribution in [2.24, 2.45) is 0 Å². The van der Waals surface area contributed by atoms with Gasteiger partial charge in [-0.2, -0.15) is 0 Å². The number of carbonyl (C=O) groups is 2. The van der Waals surface area contributed by atoms with Gasteiger partial charge in [-0.3, -0.25) is 4.90 Å². The highest BCUT2D eigenvalue weighted by Gasteiger charge is 2.39. The van der Waals surface area contributed by atoms with E-state index < -0.39 is 24.1 Å². The third-order valence-electron chi connectivity index (χ3n) is 6.26. The lowest BCUT2D eigenvalue weighted by atomic mass is 9.94. The maximum atomic E-state index is 13.0. The number of hydrogen-bond acceptors (Lipinski definition) is 4. The molecule has 3 unspecified atom stereocenters. The van der Waals surface area contributed by atoms with E-state index in [0.717, 1.165) is 16.7 Å². The molecule has 5 nitrogen and oxygen atoms in total. The van der Waals surface area contributed by atoms with Gasteiger partial charge in [-0.25, -0.2) is 9.59 Å². The summed E-state index contributed by atoms with van der Waals surface area (Å²) in [4.78, 5) is 27.8. The molecule has 4 rings (SSSR count). The predicted octanol–water partition coefficient (Wildman–Crippen LogP) is 6.30. The number of benzene rings is 4. The van der Waals surface area contributed by atoms with Gasteiger partial charge < -0.3 is 9.84 Å². The van der Waals surface area contributed by atoms with E-state index in [1.165, 1.54) is 0 Å². The maximum absolute atomic E-state index is 13.0. The van der Waals surface area contributed by atoms with E-state index in [1.54, 1.807) is 30.3 Å². The third-order valence-corrected chi connectivity index (χ3v) is 6.26. The molecule has 0 radical (unpaired) electrons. The van der Waals surface area contributed by atoms with E-state index in [0.29, 0.717) is 12.1 Å². The molecule has 36 heavy (non-hydrogen) atoms. The molecule has 0 bridgehead atoms. The second kappa shape index (κ2) is 12.0. The fraction of sp³-hybridized carbons (Fsp3) is 0.161. The second-order valence-electron chi connectivity index (χ2n) is 8.63. The van der Waals surface area contributed by atoms with Crippen LogP contribution in [0.2, 0.25) is 0 Å². The van der Waals surface area contributed by atoms with Crippen LogP contribution in [0, 0.1) is 0 Å². The van der Waals surface area contributed by atoms with Crippen molar-refractivity contribution in [3.63, 3.8) is 0 Å². The van der Waals surface area contributed by atoms with Crippen LogP contribution in [0.25, 0.3) is 0 Å². The van der Waals surface area contributed by atoms with E-state index in [4.69, 9.17) is 4.74 Å². The fourth-order valence-corrected chi connectivity index (χ4v) is 4.39. The molecule has 0 amide bonds. The van der Waals surface area contributed by atoms with E-state index in [-0.39, 0.29) is 6.04 Å². The van der Waals surface area contributed by atoms with Crippen molar-refractivity contribution < 1.29 is 19.4 Å². The number of esters is 1. The second-order valence-corrected chi connectivity index (χ2v) is 8.63. The molecule has 0 aliphatic rings. The van der Waals surface area contributed by atoms with Gasteiger partial charge in [0.15, 0.2) is 0 Å². The van der Waals surface area contributed by atoms with Gasteiger partial charge in [-0.15, -0.1) is 0 Å². The maximum Gasteiger partial charge on any atom is 0.347 e. The van der Waals surface area contributed by atoms with Gasteiger partial charge in [-0.05, 0) is 35.7 Å². The highest BCUT2D eigenvalue weighted by Crippen LogP contribution is 2.36. The Balaban J connectivity index is 1.80. The van der Waals surface area contributed by atoms with Crippen LogP contribution in [-0.2, 0) is 16.1 Å². The molecule has 4 aromatic rings. The standard InChI is InChI=1S/C31H29NO4/c1-23(25-16-8-3-9-17-25)32(22-24-14-6-2-7-15-24)28(26-18-10-4-11-19-26)29(30(33)34)36-31(35)27-20-12-5-13-21-27/h2-21,23,28-29H,22H2,1H3,(H,33,34). The molecule has 3 atom stereocenters. The zero-order chi connectivity index (χ0) is 25.3. The first kappa shape index (κ1) is 24.9. The minimum atomic E-state index is -1.44. The van der Waals surface area contributed by atoms with Crippen LogP contribution in [0.1, 0.15) is 46.1 Å². The molecule has 0 saturated carbocycles. The average molecular weight is 480 g/mol. The topological polar surface area (TPSA) is 66.8 Å². The van der Waals surface area contributed by atoms with Crippen LogP contribution in [0.4, 0.5) is 0 Å². The molecule has 0 spiro atoms. The van der Waals surface area contributed by atoms with Crippen LogP contribution < -0.4 is 0 Å². The lowest BCUT2D eigenvalue weighted by Gasteiger charge is -2.39. The highest BCUT2D eigenvalue weighted by molar-refractivity contribution is 5.91. The summed E-state index contributed by atoms with van der Waals surface area (Å²) in [5, 5.41) is 10.4. The van der Waals surface area contributed by atoms with Crippen molar-refractivity contribution in [3.05, 3.63) is 144 Å². The normalized spacial score (nSPS) is 13.5. The summed E-state index contributed by atoms with van der Waals surface area (Å²) in [5.41, 5.74) is 3.12. The van der Waals surface area contributed by atoms with Gasteiger partial charge in [0, 0.05) is 12.6 Å². The minimum Gasteiger partial charge on any atom is -0.478 e. The number of ether oxygens (including phenoxy) is 1. The molecule has 0 heterocycles. The number of carbonyl (C=O) groups excluding carboxylic acids is 1. The van der Waals surface area contributed by atoms with Crippen molar-refractivity contribution in [1.82, 2.24) is 4.90 Å². The quantitative estimate of drug-likeness (QED) is 0.270. The van der Waals surface area contributed by atoms with Crippen LogP contribution in [0.15, 0.2) is 121 Å². The smallest absolute Gasteiger partial charge is 0.347 e. The Morgan fingerprint density at radius 3 is 1.72 bits per heavy atom. The number of nitrogens with zero attached hydrogens (tertiary/aromatic N) is 1.